The molecular formula is C23H17N3O3S2. The van der Waals surface area contributed by atoms with Crippen molar-refractivity contribution in [1.82, 2.24) is 4.98 Å². The Morgan fingerprint density at radius 2 is 1.74 bits per heavy atom. The molecule has 8 heteroatoms. The number of amides is 1. The van der Waals surface area contributed by atoms with Crippen LogP contribution in [-0.4, -0.2) is 15.8 Å². The minimum atomic E-state index is -0.449. The quantitative estimate of drug-likeness (QED) is 0.210. The number of thiazole rings is 1. The van der Waals surface area contributed by atoms with Gasteiger partial charge >= 0.3 is 5.00 Å². The number of nitrogens with one attached hydrogen (secondary N) is 1. The van der Waals surface area contributed by atoms with Crippen molar-refractivity contribution < 1.29 is 9.72 Å². The van der Waals surface area contributed by atoms with E-state index in [9.17, 15) is 14.9 Å². The maximum atomic E-state index is 12.4. The Hall–Kier alpha value is -3.62. The molecule has 4 aromatic rings. The number of aromatic nitrogens is 1. The van der Waals surface area contributed by atoms with Crippen LogP contribution in [0.1, 0.15) is 10.4 Å². The summed E-state index contributed by atoms with van der Waals surface area (Å²) in [6.45, 7) is 2.03. The second-order valence-electron chi connectivity index (χ2n) is 6.68. The first-order valence-corrected chi connectivity index (χ1v) is 11.0. The number of benzene rings is 2. The van der Waals surface area contributed by atoms with E-state index in [0.717, 1.165) is 38.6 Å². The number of nitrogens with zero attached hydrogens (tertiary/aromatic N) is 2. The highest BCUT2D eigenvalue weighted by Gasteiger charge is 2.16. The fourth-order valence-electron chi connectivity index (χ4n) is 2.90. The van der Waals surface area contributed by atoms with Gasteiger partial charge in [0.15, 0.2) is 5.13 Å². The number of hydrogen-bond acceptors (Lipinski definition) is 6. The van der Waals surface area contributed by atoms with Gasteiger partial charge in [-0.2, -0.15) is 0 Å². The standard InChI is InChI=1S/C23H17N3O3S2/c1-15-7-9-16(10-8-15)21-22(17-5-3-2-4-6-17)31-23(25-21)24-19(27)13-11-18-12-14-20(30-18)26(28)29/h2-14H,1H3,(H,24,25,27). The van der Waals surface area contributed by atoms with Crippen LogP contribution in [0.5, 0.6) is 0 Å². The first-order chi connectivity index (χ1) is 15.0. The largest absolute Gasteiger partial charge is 0.324 e. The zero-order valence-corrected chi connectivity index (χ0v) is 18.1. The Balaban J connectivity index is 1.59. The predicted molar refractivity (Wildman–Crippen MR) is 126 cm³/mol. The number of aryl methyl sites for hydroxylation is 1. The molecule has 0 saturated heterocycles. The van der Waals surface area contributed by atoms with E-state index in [4.69, 9.17) is 0 Å². The summed E-state index contributed by atoms with van der Waals surface area (Å²) in [5.74, 6) is -0.347. The molecule has 0 atom stereocenters. The fourth-order valence-corrected chi connectivity index (χ4v) is 4.62. The molecule has 154 valence electrons. The van der Waals surface area contributed by atoms with Crippen LogP contribution in [0.25, 0.3) is 27.8 Å². The van der Waals surface area contributed by atoms with E-state index in [-0.39, 0.29) is 10.9 Å². The van der Waals surface area contributed by atoms with E-state index >= 15 is 0 Å². The maximum Gasteiger partial charge on any atom is 0.324 e. The Kier molecular flexibility index (Phi) is 6.01. The number of carbonyl (C=O) groups excluding carboxylic acids is 1. The third-order valence-corrected chi connectivity index (χ3v) is 6.43. The Labute approximate surface area is 186 Å². The summed E-state index contributed by atoms with van der Waals surface area (Å²) < 4.78 is 0. The average Bonchev–Trinajstić information content (AvgIpc) is 3.41. The first kappa shape index (κ1) is 20.6. The van der Waals surface area contributed by atoms with Crippen molar-refractivity contribution in [2.75, 3.05) is 5.32 Å². The molecule has 4 rings (SSSR count). The first-order valence-electron chi connectivity index (χ1n) is 9.36. The van der Waals surface area contributed by atoms with Gasteiger partial charge in [-0.15, -0.1) is 0 Å². The molecule has 0 unspecified atom stereocenters. The van der Waals surface area contributed by atoms with Crippen LogP contribution in [0.2, 0.25) is 0 Å². The molecule has 0 saturated carbocycles. The molecule has 1 amide bonds. The van der Waals surface area contributed by atoms with Gasteiger partial charge in [-0.3, -0.25) is 20.2 Å². The Morgan fingerprint density at radius 1 is 1.00 bits per heavy atom. The molecule has 31 heavy (non-hydrogen) atoms. The summed E-state index contributed by atoms with van der Waals surface area (Å²) in [5, 5.41) is 14.1. The van der Waals surface area contributed by atoms with Gasteiger partial charge < -0.3 is 0 Å². The Bertz CT molecular complexity index is 1260. The van der Waals surface area contributed by atoms with Crippen molar-refractivity contribution in [2.45, 2.75) is 6.92 Å². The van der Waals surface area contributed by atoms with Gasteiger partial charge in [-0.25, -0.2) is 4.98 Å². The molecular weight excluding hydrogens is 430 g/mol. The molecule has 2 heterocycles. The molecule has 0 aliphatic heterocycles. The van der Waals surface area contributed by atoms with Crippen LogP contribution in [-0.2, 0) is 4.79 Å². The van der Waals surface area contributed by atoms with Crippen LogP contribution >= 0.6 is 22.7 Å². The maximum absolute atomic E-state index is 12.4. The molecule has 0 radical (unpaired) electrons. The van der Waals surface area contributed by atoms with E-state index in [1.54, 1.807) is 12.1 Å². The summed E-state index contributed by atoms with van der Waals surface area (Å²) in [6.07, 6.45) is 2.91. The third-order valence-electron chi connectivity index (χ3n) is 4.41. The van der Waals surface area contributed by atoms with Crippen molar-refractivity contribution in [3.8, 4) is 21.7 Å². The molecule has 6 nitrogen and oxygen atoms in total. The van der Waals surface area contributed by atoms with Crippen LogP contribution in [0.15, 0.2) is 72.8 Å². The second kappa shape index (κ2) is 9.03. The van der Waals surface area contributed by atoms with Gasteiger partial charge in [0.05, 0.1) is 15.5 Å². The lowest BCUT2D eigenvalue weighted by Gasteiger charge is -2.03. The van der Waals surface area contributed by atoms with Gasteiger partial charge in [-0.05, 0) is 24.6 Å². The second-order valence-corrected chi connectivity index (χ2v) is 8.78. The van der Waals surface area contributed by atoms with Crippen LogP contribution in [0.4, 0.5) is 10.1 Å². The van der Waals surface area contributed by atoms with Gasteiger partial charge in [-0.1, -0.05) is 82.8 Å². The van der Waals surface area contributed by atoms with Gasteiger partial charge in [0, 0.05) is 22.6 Å². The van der Waals surface area contributed by atoms with E-state index in [1.807, 2.05) is 61.5 Å². The zero-order chi connectivity index (χ0) is 21.8. The van der Waals surface area contributed by atoms with Crippen LogP contribution in [0, 0.1) is 17.0 Å². The highest BCUT2D eigenvalue weighted by molar-refractivity contribution is 7.19. The molecule has 0 fully saturated rings. The van der Waals surface area contributed by atoms with Gasteiger partial charge in [0.2, 0.25) is 5.91 Å². The van der Waals surface area contributed by atoms with Crippen molar-refractivity contribution in [1.29, 1.82) is 0 Å². The van der Waals surface area contributed by atoms with Crippen molar-refractivity contribution >= 4 is 44.8 Å². The summed E-state index contributed by atoms with van der Waals surface area (Å²) in [4.78, 5) is 29.0. The van der Waals surface area contributed by atoms with Crippen molar-refractivity contribution in [3.63, 3.8) is 0 Å². The van der Waals surface area contributed by atoms with E-state index in [2.05, 4.69) is 10.3 Å². The van der Waals surface area contributed by atoms with E-state index in [1.165, 1.54) is 23.5 Å². The number of carbonyl (C=O) groups is 1. The normalized spacial score (nSPS) is 11.0. The summed E-state index contributed by atoms with van der Waals surface area (Å²) in [7, 11) is 0. The Morgan fingerprint density at radius 3 is 2.42 bits per heavy atom. The van der Waals surface area contributed by atoms with Crippen molar-refractivity contribution in [2.24, 2.45) is 0 Å². The molecule has 0 bridgehead atoms. The minimum Gasteiger partial charge on any atom is -0.298 e. The third kappa shape index (κ3) is 4.93. The molecule has 0 aliphatic carbocycles. The van der Waals surface area contributed by atoms with Gasteiger partial charge in [0.25, 0.3) is 0 Å². The molecule has 1 N–H and O–H groups in total. The summed E-state index contributed by atoms with van der Waals surface area (Å²) >= 11 is 2.42. The monoisotopic (exact) mass is 447 g/mol. The number of rotatable bonds is 6. The smallest absolute Gasteiger partial charge is 0.298 e. The van der Waals surface area contributed by atoms with Crippen molar-refractivity contribution in [3.05, 3.63) is 93.4 Å². The predicted octanol–water partition coefficient (Wildman–Crippen LogP) is 6.41. The molecule has 2 aromatic heterocycles. The van der Waals surface area contributed by atoms with Crippen LogP contribution < -0.4 is 5.32 Å². The lowest BCUT2D eigenvalue weighted by molar-refractivity contribution is -0.380. The number of nitro groups is 1. The minimum absolute atomic E-state index is 0.0372. The lowest BCUT2D eigenvalue weighted by atomic mass is 10.1. The van der Waals surface area contributed by atoms with Crippen LogP contribution in [0.3, 0.4) is 0 Å². The topological polar surface area (TPSA) is 85.1 Å². The zero-order valence-electron chi connectivity index (χ0n) is 16.4. The lowest BCUT2D eigenvalue weighted by Crippen LogP contribution is -2.07. The van der Waals surface area contributed by atoms with E-state index in [0.29, 0.717) is 10.0 Å². The molecule has 0 spiro atoms. The number of anilines is 1. The summed E-state index contributed by atoms with van der Waals surface area (Å²) in [5.41, 5.74) is 3.97. The highest BCUT2D eigenvalue weighted by Crippen LogP contribution is 2.39. The molecule has 0 aliphatic rings. The molecule has 2 aromatic carbocycles. The van der Waals surface area contributed by atoms with Gasteiger partial charge in [0.1, 0.15) is 0 Å². The highest BCUT2D eigenvalue weighted by atomic mass is 32.1. The SMILES string of the molecule is Cc1ccc(-c2nc(NC(=O)C=Cc3ccc([N+](=O)[O-])s3)sc2-c2ccccc2)cc1. The summed E-state index contributed by atoms with van der Waals surface area (Å²) in [6, 6.07) is 21.1. The average molecular weight is 448 g/mol. The fraction of sp³-hybridized carbons (Fsp3) is 0.0435. The number of thiophene rings is 1. The van der Waals surface area contributed by atoms with E-state index < -0.39 is 4.92 Å². The number of hydrogen-bond donors (Lipinski definition) is 1.